The number of phenolic OH excluding ortho intramolecular Hbond substituents is 1. The van der Waals surface area contributed by atoms with E-state index < -0.39 is 0 Å². The third-order valence-corrected chi connectivity index (χ3v) is 4.50. The van der Waals surface area contributed by atoms with Gasteiger partial charge in [-0.1, -0.05) is 17.7 Å². The number of anilines is 2. The zero-order valence-corrected chi connectivity index (χ0v) is 12.6. The molecule has 2 aromatic rings. The quantitative estimate of drug-likeness (QED) is 0.807. The van der Waals surface area contributed by atoms with Gasteiger partial charge in [0.2, 0.25) is 5.91 Å². The van der Waals surface area contributed by atoms with Gasteiger partial charge in [0.1, 0.15) is 5.75 Å². The second-order valence-corrected chi connectivity index (χ2v) is 6.11. The summed E-state index contributed by atoms with van der Waals surface area (Å²) in [6.45, 7) is 0.583. The van der Waals surface area contributed by atoms with E-state index in [0.29, 0.717) is 17.3 Å². The summed E-state index contributed by atoms with van der Waals surface area (Å²) in [6, 6.07) is 11.0. The molecule has 1 aliphatic heterocycles. The van der Waals surface area contributed by atoms with Crippen LogP contribution in [0.15, 0.2) is 41.3 Å². The molecule has 0 saturated heterocycles. The van der Waals surface area contributed by atoms with E-state index in [9.17, 15) is 9.90 Å². The number of aromatic hydroxyl groups is 1. The molecular formula is C15H13ClN2O2S. The van der Waals surface area contributed by atoms with Gasteiger partial charge in [-0.25, -0.2) is 0 Å². The van der Waals surface area contributed by atoms with E-state index in [4.69, 9.17) is 11.6 Å². The van der Waals surface area contributed by atoms with Crippen molar-refractivity contribution in [2.45, 2.75) is 11.4 Å². The van der Waals surface area contributed by atoms with Gasteiger partial charge in [0.05, 0.1) is 16.5 Å². The number of amides is 1. The summed E-state index contributed by atoms with van der Waals surface area (Å²) < 4.78 is 0. The van der Waals surface area contributed by atoms with Crippen LogP contribution in [0.4, 0.5) is 11.4 Å². The summed E-state index contributed by atoms with van der Waals surface area (Å²) >= 11 is 7.42. The van der Waals surface area contributed by atoms with Crippen molar-refractivity contribution in [3.63, 3.8) is 0 Å². The average molecular weight is 321 g/mol. The first-order chi connectivity index (χ1) is 10.1. The van der Waals surface area contributed by atoms with Crippen molar-refractivity contribution in [1.29, 1.82) is 0 Å². The fraction of sp³-hybridized carbons (Fsp3) is 0.133. The number of fused-ring (bicyclic) bond motifs is 1. The number of carbonyl (C=O) groups excluding carboxylic acids is 1. The average Bonchev–Trinajstić information content (AvgIpc) is 2.48. The van der Waals surface area contributed by atoms with E-state index >= 15 is 0 Å². The molecule has 0 fully saturated rings. The minimum atomic E-state index is 0.0231. The number of benzene rings is 2. The Morgan fingerprint density at radius 2 is 2.14 bits per heavy atom. The molecule has 0 bridgehead atoms. The third-order valence-electron chi connectivity index (χ3n) is 3.12. The molecule has 108 valence electrons. The molecule has 3 rings (SSSR count). The van der Waals surface area contributed by atoms with Crippen LogP contribution in [0.3, 0.4) is 0 Å². The van der Waals surface area contributed by atoms with Crippen molar-refractivity contribution < 1.29 is 9.90 Å². The lowest BCUT2D eigenvalue weighted by Crippen LogP contribution is -2.18. The molecule has 4 nitrogen and oxygen atoms in total. The molecule has 21 heavy (non-hydrogen) atoms. The van der Waals surface area contributed by atoms with Crippen LogP contribution >= 0.6 is 23.4 Å². The molecule has 6 heteroatoms. The van der Waals surface area contributed by atoms with Crippen molar-refractivity contribution in [3.05, 3.63) is 47.0 Å². The first-order valence-corrected chi connectivity index (χ1v) is 7.76. The normalized spacial score (nSPS) is 13.5. The molecule has 0 radical (unpaired) electrons. The number of hydrogen-bond acceptors (Lipinski definition) is 4. The lowest BCUT2D eigenvalue weighted by molar-refractivity contribution is -0.113. The van der Waals surface area contributed by atoms with E-state index in [1.54, 1.807) is 12.1 Å². The van der Waals surface area contributed by atoms with Crippen LogP contribution < -0.4 is 10.6 Å². The van der Waals surface area contributed by atoms with Crippen LogP contribution in [0.5, 0.6) is 5.75 Å². The van der Waals surface area contributed by atoms with E-state index in [-0.39, 0.29) is 11.7 Å². The highest BCUT2D eigenvalue weighted by atomic mass is 35.5. The van der Waals surface area contributed by atoms with Gasteiger partial charge in [0, 0.05) is 17.1 Å². The predicted octanol–water partition coefficient (Wildman–Crippen LogP) is 3.70. The molecule has 1 amide bonds. The van der Waals surface area contributed by atoms with Crippen LogP contribution in [-0.4, -0.2) is 16.8 Å². The number of nitrogens with one attached hydrogen (secondary N) is 2. The number of hydrogen-bond donors (Lipinski definition) is 3. The molecule has 0 aromatic heterocycles. The molecule has 0 spiro atoms. The lowest BCUT2D eigenvalue weighted by atomic mass is 10.2. The summed E-state index contributed by atoms with van der Waals surface area (Å²) in [5.41, 5.74) is 2.72. The van der Waals surface area contributed by atoms with Gasteiger partial charge in [-0.05, 0) is 35.9 Å². The Labute approximate surface area is 131 Å². The number of halogens is 1. The smallest absolute Gasteiger partial charge is 0.234 e. The van der Waals surface area contributed by atoms with E-state index in [1.807, 2.05) is 24.3 Å². The third kappa shape index (κ3) is 3.25. The second kappa shape index (κ2) is 5.87. The monoisotopic (exact) mass is 320 g/mol. The van der Waals surface area contributed by atoms with Gasteiger partial charge in [-0.15, -0.1) is 11.8 Å². The van der Waals surface area contributed by atoms with Gasteiger partial charge in [0.25, 0.3) is 0 Å². The van der Waals surface area contributed by atoms with Crippen LogP contribution in [0.2, 0.25) is 5.02 Å². The molecular weight excluding hydrogens is 308 g/mol. The summed E-state index contributed by atoms with van der Waals surface area (Å²) in [4.78, 5) is 12.5. The highest BCUT2D eigenvalue weighted by Gasteiger charge is 2.15. The second-order valence-electron chi connectivity index (χ2n) is 4.69. The maximum atomic E-state index is 11.4. The molecule has 1 aliphatic rings. The highest BCUT2D eigenvalue weighted by Crippen LogP contribution is 2.33. The van der Waals surface area contributed by atoms with E-state index in [0.717, 1.165) is 21.8 Å². The highest BCUT2D eigenvalue weighted by molar-refractivity contribution is 8.00. The van der Waals surface area contributed by atoms with Gasteiger partial charge in [-0.3, -0.25) is 4.79 Å². The van der Waals surface area contributed by atoms with Crippen molar-refractivity contribution >= 4 is 40.6 Å². The molecule has 0 saturated carbocycles. The Bertz CT molecular complexity index is 706. The predicted molar refractivity (Wildman–Crippen MR) is 86.2 cm³/mol. The van der Waals surface area contributed by atoms with Crippen molar-refractivity contribution in [2.24, 2.45) is 0 Å². The first kappa shape index (κ1) is 14.1. The zero-order chi connectivity index (χ0) is 14.8. The largest absolute Gasteiger partial charge is 0.506 e. The maximum absolute atomic E-state index is 11.4. The zero-order valence-electron chi connectivity index (χ0n) is 11.0. The van der Waals surface area contributed by atoms with Crippen molar-refractivity contribution in [2.75, 3.05) is 16.4 Å². The minimum absolute atomic E-state index is 0.0231. The first-order valence-electron chi connectivity index (χ1n) is 6.40. The number of thioether (sulfide) groups is 1. The topological polar surface area (TPSA) is 61.4 Å². The Hall–Kier alpha value is -1.85. The lowest BCUT2D eigenvalue weighted by Gasteiger charge is -2.17. The maximum Gasteiger partial charge on any atom is 0.234 e. The molecule has 3 N–H and O–H groups in total. The molecule has 0 atom stereocenters. The Kier molecular flexibility index (Phi) is 3.94. The van der Waals surface area contributed by atoms with Crippen molar-refractivity contribution in [3.8, 4) is 5.75 Å². The number of phenols is 1. The van der Waals surface area contributed by atoms with Crippen LogP contribution in [0.1, 0.15) is 5.56 Å². The SMILES string of the molecule is O=C1CSc2ccc(NCc3ccc(O)c(Cl)c3)cc2N1. The van der Waals surface area contributed by atoms with E-state index in [1.165, 1.54) is 11.8 Å². The Morgan fingerprint density at radius 1 is 1.29 bits per heavy atom. The van der Waals surface area contributed by atoms with Crippen LogP contribution in [0, 0.1) is 0 Å². The summed E-state index contributed by atoms with van der Waals surface area (Å²) in [5, 5.41) is 15.9. The van der Waals surface area contributed by atoms with Gasteiger partial charge < -0.3 is 15.7 Å². The Morgan fingerprint density at radius 3 is 2.95 bits per heavy atom. The molecule has 0 aliphatic carbocycles. The summed E-state index contributed by atoms with van der Waals surface area (Å²) in [7, 11) is 0. The van der Waals surface area contributed by atoms with Crippen LogP contribution in [-0.2, 0) is 11.3 Å². The fourth-order valence-electron chi connectivity index (χ4n) is 2.06. The number of rotatable bonds is 3. The van der Waals surface area contributed by atoms with Gasteiger partial charge >= 0.3 is 0 Å². The number of carbonyl (C=O) groups is 1. The fourth-order valence-corrected chi connectivity index (χ4v) is 3.05. The molecule has 2 aromatic carbocycles. The van der Waals surface area contributed by atoms with Crippen LogP contribution in [0.25, 0.3) is 0 Å². The van der Waals surface area contributed by atoms with Gasteiger partial charge in [-0.2, -0.15) is 0 Å². The summed E-state index contributed by atoms with van der Waals surface area (Å²) in [5.74, 6) is 0.565. The standard InChI is InChI=1S/C15H13ClN2O2S/c16-11-5-9(1-3-13(11)19)7-17-10-2-4-14-12(6-10)18-15(20)8-21-14/h1-6,17,19H,7-8H2,(H,18,20). The van der Waals surface area contributed by atoms with Gasteiger partial charge in [0.15, 0.2) is 0 Å². The molecule has 1 heterocycles. The summed E-state index contributed by atoms with van der Waals surface area (Å²) in [6.07, 6.45) is 0. The minimum Gasteiger partial charge on any atom is -0.506 e. The molecule has 0 unspecified atom stereocenters. The van der Waals surface area contributed by atoms with E-state index in [2.05, 4.69) is 10.6 Å². The Balaban J connectivity index is 1.72. The van der Waals surface area contributed by atoms with Crippen molar-refractivity contribution in [1.82, 2.24) is 0 Å².